The van der Waals surface area contributed by atoms with E-state index in [1.165, 1.54) is 14.2 Å². The van der Waals surface area contributed by atoms with Crippen LogP contribution >= 0.6 is 0 Å². The third-order valence-corrected chi connectivity index (χ3v) is 12.4. The first kappa shape index (κ1) is 41.3. The molecular formula is C47H54N8O6. The number of alkyl carbamates (subject to hydrolysis) is 2. The molecule has 8 rings (SSSR count). The van der Waals surface area contributed by atoms with Gasteiger partial charge in [0.05, 0.1) is 42.3 Å². The van der Waals surface area contributed by atoms with Crippen molar-refractivity contribution in [1.82, 2.24) is 40.8 Å². The fraction of sp³-hybridized carbons (Fsp3) is 0.404. The zero-order chi connectivity index (χ0) is 42.9. The summed E-state index contributed by atoms with van der Waals surface area (Å²) in [7, 11) is 2.59. The highest BCUT2D eigenvalue weighted by molar-refractivity contribution is 6.05. The highest BCUT2D eigenvalue weighted by Gasteiger charge is 2.38. The number of benzene rings is 4. The summed E-state index contributed by atoms with van der Waals surface area (Å²) < 4.78 is 9.53. The third-order valence-electron chi connectivity index (χ3n) is 12.4. The lowest BCUT2D eigenvalue weighted by Gasteiger charge is -2.29. The molecule has 1 aliphatic heterocycles. The Labute approximate surface area is 354 Å². The van der Waals surface area contributed by atoms with Crippen LogP contribution in [0.4, 0.5) is 9.59 Å². The average Bonchev–Trinajstić information content (AvgIpc) is 4.09. The van der Waals surface area contributed by atoms with Gasteiger partial charge in [-0.15, -0.1) is 0 Å². The van der Waals surface area contributed by atoms with E-state index in [9.17, 15) is 19.2 Å². The van der Waals surface area contributed by atoms with Crippen LogP contribution < -0.4 is 16.0 Å². The topological polar surface area (TPSA) is 183 Å². The molecule has 14 nitrogen and oxygen atoms in total. The molecule has 1 saturated carbocycles. The van der Waals surface area contributed by atoms with E-state index in [-0.39, 0.29) is 41.7 Å². The molecule has 0 spiro atoms. The first-order chi connectivity index (χ1) is 29.4. The lowest BCUT2D eigenvalue weighted by atomic mass is 9.98. The molecule has 1 saturated heterocycles. The van der Waals surface area contributed by atoms with E-state index in [0.717, 1.165) is 98.8 Å². The number of methoxy groups -OCH3 is 2. The summed E-state index contributed by atoms with van der Waals surface area (Å²) in [6.07, 6.45) is 3.08. The number of rotatable bonds is 11. The summed E-state index contributed by atoms with van der Waals surface area (Å²) >= 11 is 0. The van der Waals surface area contributed by atoms with Crippen LogP contribution in [0.1, 0.15) is 83.4 Å². The molecule has 0 unspecified atom stereocenters. The number of amides is 4. The third kappa shape index (κ3) is 8.35. The van der Waals surface area contributed by atoms with Crippen molar-refractivity contribution in [3.05, 3.63) is 84.4 Å². The van der Waals surface area contributed by atoms with Crippen molar-refractivity contribution in [3.63, 3.8) is 0 Å². The smallest absolute Gasteiger partial charge is 0.407 e. The van der Waals surface area contributed by atoms with Crippen LogP contribution in [0.3, 0.4) is 0 Å². The molecule has 3 heterocycles. The average molecular weight is 827 g/mol. The molecule has 2 aliphatic rings. The van der Waals surface area contributed by atoms with E-state index in [4.69, 9.17) is 19.4 Å². The highest BCUT2D eigenvalue weighted by atomic mass is 16.5. The van der Waals surface area contributed by atoms with Gasteiger partial charge in [-0.25, -0.2) is 19.6 Å². The Hall–Kier alpha value is -6.44. The fourth-order valence-corrected chi connectivity index (χ4v) is 9.05. The van der Waals surface area contributed by atoms with Gasteiger partial charge in [-0.2, -0.15) is 0 Å². The van der Waals surface area contributed by atoms with Gasteiger partial charge >= 0.3 is 12.2 Å². The molecule has 5 atom stereocenters. The standard InChI is InChI=1S/C47H54N8O6/c1-25(2)39(53-46(58)60-5)44(56)51-34-10-7-9-33(34)42-48-35-20-17-30(24-37(35)50-42)28-14-12-27(13-15-28)29-16-19-32-31(23-29)18-21-36-41(32)52-43(49-36)38-11-8-22-55(38)45(57)40(26(3)4)54-47(59)61-6/h12-21,23-26,33-34,38-40H,7-11,22H2,1-6H3,(H,48,50)(H,49,52)(H,51,56)(H,53,58)(H,54,59)/t33-,34-,38-,39-,40-/m0/s1. The zero-order valence-corrected chi connectivity index (χ0v) is 35.5. The van der Waals surface area contributed by atoms with E-state index >= 15 is 0 Å². The largest absolute Gasteiger partial charge is 0.453 e. The maximum absolute atomic E-state index is 13.7. The predicted octanol–water partition coefficient (Wildman–Crippen LogP) is 8.10. The molecule has 2 fully saturated rings. The van der Waals surface area contributed by atoms with Gasteiger partial charge in [0.1, 0.15) is 23.7 Å². The maximum Gasteiger partial charge on any atom is 0.407 e. The molecule has 14 heteroatoms. The second-order valence-electron chi connectivity index (χ2n) is 17.0. The van der Waals surface area contributed by atoms with Crippen LogP contribution in [-0.2, 0) is 19.1 Å². The SMILES string of the molecule is COC(=O)N[C@H](C(=O)N[C@H]1CCC[C@@H]1c1nc2ccc(-c3ccc(-c4ccc5c(ccc6nc([C@@H]7CCCN7C(=O)[C@@H](NC(=O)OC)C(C)C)[nH]c65)c4)cc3)cc2[nH]1)C(C)C. The summed E-state index contributed by atoms with van der Waals surface area (Å²) in [6, 6.07) is 23.7. The number of aromatic nitrogens is 4. The van der Waals surface area contributed by atoms with Crippen LogP contribution in [0.5, 0.6) is 0 Å². The normalized spacial score (nSPS) is 18.8. The van der Waals surface area contributed by atoms with Gasteiger partial charge < -0.3 is 40.3 Å². The molecule has 2 aromatic heterocycles. The Morgan fingerprint density at radius 1 is 0.689 bits per heavy atom. The molecule has 4 amide bonds. The predicted molar refractivity (Wildman–Crippen MR) is 235 cm³/mol. The van der Waals surface area contributed by atoms with Crippen LogP contribution in [0.15, 0.2) is 72.8 Å². The molecule has 1 aliphatic carbocycles. The monoisotopic (exact) mass is 826 g/mol. The Bertz CT molecular complexity index is 2600. The second kappa shape index (κ2) is 17.3. The van der Waals surface area contributed by atoms with Crippen LogP contribution in [0.2, 0.25) is 0 Å². The van der Waals surface area contributed by atoms with Gasteiger partial charge in [0.15, 0.2) is 0 Å². The fourth-order valence-electron chi connectivity index (χ4n) is 9.05. The van der Waals surface area contributed by atoms with Gasteiger partial charge in [-0.1, -0.05) is 82.6 Å². The minimum atomic E-state index is -0.695. The number of likely N-dealkylation sites (tertiary alicyclic amines) is 1. The van der Waals surface area contributed by atoms with E-state index < -0.39 is 24.3 Å². The molecule has 4 aromatic carbocycles. The lowest BCUT2D eigenvalue weighted by molar-refractivity contribution is -0.135. The first-order valence-electron chi connectivity index (χ1n) is 21.2. The van der Waals surface area contributed by atoms with Crippen molar-refractivity contribution in [2.24, 2.45) is 11.8 Å². The number of carbonyl (C=O) groups excluding carboxylic acids is 4. The summed E-state index contributed by atoms with van der Waals surface area (Å²) in [6.45, 7) is 8.20. The first-order valence-corrected chi connectivity index (χ1v) is 21.2. The van der Waals surface area contributed by atoms with E-state index in [2.05, 4.69) is 86.6 Å². The zero-order valence-electron chi connectivity index (χ0n) is 35.5. The minimum absolute atomic E-state index is 0.0348. The van der Waals surface area contributed by atoms with Crippen molar-refractivity contribution >= 4 is 56.8 Å². The number of hydrogen-bond acceptors (Lipinski definition) is 8. The maximum atomic E-state index is 13.7. The number of carbonyl (C=O) groups is 4. The van der Waals surface area contributed by atoms with Crippen molar-refractivity contribution in [2.75, 3.05) is 20.8 Å². The molecular weight excluding hydrogens is 773 g/mol. The number of nitrogens with one attached hydrogen (secondary N) is 5. The van der Waals surface area contributed by atoms with Crippen molar-refractivity contribution in [2.45, 2.75) is 89.9 Å². The van der Waals surface area contributed by atoms with E-state index in [0.29, 0.717) is 6.54 Å². The molecule has 5 N–H and O–H groups in total. The minimum Gasteiger partial charge on any atom is -0.453 e. The molecule has 61 heavy (non-hydrogen) atoms. The highest BCUT2D eigenvalue weighted by Crippen LogP contribution is 2.37. The summed E-state index contributed by atoms with van der Waals surface area (Å²) in [5.74, 6) is 1.07. The summed E-state index contributed by atoms with van der Waals surface area (Å²) in [4.78, 5) is 69.8. The van der Waals surface area contributed by atoms with Gasteiger partial charge in [0.2, 0.25) is 11.8 Å². The Morgan fingerprint density at radius 3 is 2.00 bits per heavy atom. The quantitative estimate of drug-likeness (QED) is 0.0868. The molecule has 0 bridgehead atoms. The van der Waals surface area contributed by atoms with Gasteiger partial charge in [-0.05, 0) is 89.4 Å². The van der Waals surface area contributed by atoms with Crippen LogP contribution in [0, 0.1) is 11.8 Å². The number of aromatic amines is 2. The number of ether oxygens (including phenoxy) is 2. The molecule has 0 radical (unpaired) electrons. The number of nitrogens with zero attached hydrogens (tertiary/aromatic N) is 3. The number of H-pyrrole nitrogens is 2. The van der Waals surface area contributed by atoms with Gasteiger partial charge in [0, 0.05) is 23.9 Å². The summed E-state index contributed by atoms with van der Waals surface area (Å²) in [5, 5.41) is 10.7. The Morgan fingerprint density at radius 2 is 1.31 bits per heavy atom. The lowest BCUT2D eigenvalue weighted by Crippen LogP contribution is -2.52. The number of imidazole rings is 2. The number of fused-ring (bicyclic) bond motifs is 4. The Balaban J connectivity index is 0.972. The Kier molecular flexibility index (Phi) is 11.7. The van der Waals surface area contributed by atoms with Crippen LogP contribution in [0.25, 0.3) is 55.1 Å². The van der Waals surface area contributed by atoms with Crippen molar-refractivity contribution in [3.8, 4) is 22.3 Å². The van der Waals surface area contributed by atoms with E-state index in [1.54, 1.807) is 0 Å². The van der Waals surface area contributed by atoms with Crippen LogP contribution in [-0.4, -0.2) is 87.7 Å². The van der Waals surface area contributed by atoms with Crippen molar-refractivity contribution in [1.29, 1.82) is 0 Å². The van der Waals surface area contributed by atoms with Gasteiger partial charge in [-0.3, -0.25) is 9.59 Å². The molecule has 6 aromatic rings. The van der Waals surface area contributed by atoms with Crippen molar-refractivity contribution < 1.29 is 28.7 Å². The van der Waals surface area contributed by atoms with E-state index in [1.807, 2.05) is 44.7 Å². The number of hydrogen-bond donors (Lipinski definition) is 5. The van der Waals surface area contributed by atoms with Gasteiger partial charge in [0.25, 0.3) is 0 Å². The second-order valence-corrected chi connectivity index (χ2v) is 17.0. The molecule has 318 valence electrons. The summed E-state index contributed by atoms with van der Waals surface area (Å²) in [5.41, 5.74) is 7.92.